The topological polar surface area (TPSA) is 267 Å². The van der Waals surface area contributed by atoms with E-state index < -0.39 is 111 Å². The molecule has 0 saturated carbocycles. The lowest BCUT2D eigenvalue weighted by Gasteiger charge is -2.46. The predicted molar refractivity (Wildman–Crippen MR) is 126 cm³/mol. The Bertz CT molecular complexity index is 847. The summed E-state index contributed by atoms with van der Waals surface area (Å²) in [7, 11) is 2.61. The average Bonchev–Trinajstić information content (AvgIpc) is 2.92. The second kappa shape index (κ2) is 13.9. The van der Waals surface area contributed by atoms with E-state index in [1.54, 1.807) is 0 Å². The highest BCUT2D eigenvalue weighted by atomic mass is 16.7. The summed E-state index contributed by atoms with van der Waals surface area (Å²) in [4.78, 5) is 12.0. The zero-order chi connectivity index (χ0) is 29.0. The van der Waals surface area contributed by atoms with Crippen molar-refractivity contribution in [3.05, 3.63) is 11.5 Å². The summed E-state index contributed by atoms with van der Waals surface area (Å²) in [6.07, 6.45) is -14.2. The molecular weight excluding hydrogens is 530 g/mol. The van der Waals surface area contributed by atoms with Gasteiger partial charge in [-0.05, 0) is 0 Å². The fourth-order valence-corrected chi connectivity index (χ4v) is 4.71. The minimum Gasteiger partial charge on any atom is -0.507 e. The van der Waals surface area contributed by atoms with Gasteiger partial charge in [0.05, 0.1) is 31.9 Å². The summed E-state index contributed by atoms with van der Waals surface area (Å²) in [6, 6.07) is -2.30. The molecule has 0 aromatic rings. The van der Waals surface area contributed by atoms with Crippen LogP contribution < -0.4 is 16.8 Å². The van der Waals surface area contributed by atoms with E-state index in [2.05, 4.69) is 5.32 Å². The van der Waals surface area contributed by atoms with Crippen molar-refractivity contribution in [3.63, 3.8) is 0 Å². The van der Waals surface area contributed by atoms with Gasteiger partial charge >= 0.3 is 0 Å². The fourth-order valence-electron chi connectivity index (χ4n) is 4.71. The number of ether oxygens (including phenoxy) is 7. The normalized spacial score (nSPS) is 43.4. The lowest BCUT2D eigenvalue weighted by molar-refractivity contribution is -0.318. The van der Waals surface area contributed by atoms with E-state index in [0.29, 0.717) is 0 Å². The van der Waals surface area contributed by atoms with Gasteiger partial charge in [0.25, 0.3) is 0 Å². The maximum Gasteiger partial charge on any atom is 0.221 e. The Morgan fingerprint density at radius 2 is 1.38 bits per heavy atom. The second-order valence-electron chi connectivity index (χ2n) is 9.35. The molecular formula is C22H39N3O14. The maximum absolute atomic E-state index is 12.0. The molecule has 11 N–H and O–H groups in total. The van der Waals surface area contributed by atoms with Crippen molar-refractivity contribution < 1.29 is 68.6 Å². The van der Waals surface area contributed by atoms with Crippen LogP contribution in [-0.4, -0.2) is 150 Å². The summed E-state index contributed by atoms with van der Waals surface area (Å²) in [5, 5.41) is 64.3. The molecule has 2 saturated heterocycles. The van der Waals surface area contributed by atoms with Gasteiger partial charge in [0.2, 0.25) is 12.2 Å². The maximum atomic E-state index is 12.0. The van der Waals surface area contributed by atoms with Crippen molar-refractivity contribution in [2.75, 3.05) is 34.0 Å². The van der Waals surface area contributed by atoms with Crippen LogP contribution in [-0.2, 0) is 38.0 Å². The van der Waals surface area contributed by atoms with Crippen LogP contribution in [0.15, 0.2) is 11.5 Å². The Kier molecular flexibility index (Phi) is 11.4. The Morgan fingerprint density at radius 1 is 0.846 bits per heavy atom. The van der Waals surface area contributed by atoms with Gasteiger partial charge in [0.15, 0.2) is 12.6 Å². The molecule has 0 aromatic heterocycles. The number of hydrogen-bond donors (Lipinski definition) is 9. The second-order valence-corrected chi connectivity index (χ2v) is 9.35. The third-order valence-electron chi connectivity index (χ3n) is 6.77. The lowest BCUT2D eigenvalue weighted by atomic mass is 9.97. The highest BCUT2D eigenvalue weighted by molar-refractivity contribution is 5.75. The van der Waals surface area contributed by atoms with Crippen LogP contribution in [0.2, 0.25) is 0 Å². The SMILES string of the molecule is CO[C@@H]1OC(CO)[C@@H](O[C@@H]2OC(CO)[C@@H](O[C@@H]3OC(CO)[C@@H](OC)[C@H](O)C3N)C(O)=C2NC(C)=O)[C@H](O)C1N. The third-order valence-corrected chi connectivity index (χ3v) is 6.77. The number of rotatable bonds is 10. The van der Waals surface area contributed by atoms with E-state index >= 15 is 0 Å². The van der Waals surface area contributed by atoms with Crippen molar-refractivity contribution in [2.45, 2.75) is 86.7 Å². The van der Waals surface area contributed by atoms with Crippen molar-refractivity contribution in [2.24, 2.45) is 11.5 Å². The number of nitrogens with two attached hydrogens (primary N) is 2. The van der Waals surface area contributed by atoms with Gasteiger partial charge in [-0.2, -0.15) is 0 Å². The first-order valence-corrected chi connectivity index (χ1v) is 12.3. The number of carbonyl (C=O) groups excluding carboxylic acids is 1. The van der Waals surface area contributed by atoms with E-state index in [1.165, 1.54) is 14.2 Å². The average molecular weight is 570 g/mol. The predicted octanol–water partition coefficient (Wildman–Crippen LogP) is -5.15. The monoisotopic (exact) mass is 569 g/mol. The van der Waals surface area contributed by atoms with Crippen LogP contribution in [0, 0.1) is 0 Å². The van der Waals surface area contributed by atoms with Gasteiger partial charge < -0.3 is 80.6 Å². The number of hydrogen-bond acceptors (Lipinski definition) is 16. The van der Waals surface area contributed by atoms with Gasteiger partial charge in [-0.1, -0.05) is 0 Å². The molecule has 0 aliphatic carbocycles. The fraction of sp³-hybridized carbons (Fsp3) is 0.864. The molecule has 3 aliphatic rings. The van der Waals surface area contributed by atoms with Crippen LogP contribution in [0.4, 0.5) is 0 Å². The summed E-state index contributed by atoms with van der Waals surface area (Å²) >= 11 is 0. The Labute approximate surface area is 224 Å². The molecule has 3 heterocycles. The Morgan fingerprint density at radius 3 is 1.92 bits per heavy atom. The zero-order valence-corrected chi connectivity index (χ0v) is 21.7. The van der Waals surface area contributed by atoms with Crippen LogP contribution in [0.1, 0.15) is 6.92 Å². The van der Waals surface area contributed by atoms with Gasteiger partial charge in [-0.25, -0.2) is 0 Å². The standard InChI is InChI=1S/C22H39N3O14/c1-7(29)25-13-16(32)19(38-21-12(24)14(30)17(33-2)8(4-26)36-21)10(6-28)37-22(13)39-18-9(5-27)35-20(34-3)11(23)15(18)31/h8-12,14-15,17-22,26-28,30-32H,4-6,23-24H2,1-3H3,(H,25,29)/t8?,9?,10?,11?,12?,14-,15-,17-,18-,19-,20-,21+,22+/m1/s1. The van der Waals surface area contributed by atoms with Crippen molar-refractivity contribution in [1.29, 1.82) is 0 Å². The first kappa shape index (κ1) is 32.0. The third kappa shape index (κ3) is 6.68. The van der Waals surface area contributed by atoms with Crippen molar-refractivity contribution in [3.8, 4) is 0 Å². The van der Waals surface area contributed by atoms with E-state index in [4.69, 9.17) is 44.6 Å². The van der Waals surface area contributed by atoms with E-state index in [9.17, 15) is 35.4 Å². The van der Waals surface area contributed by atoms with Crippen LogP contribution in [0.3, 0.4) is 0 Å². The zero-order valence-electron chi connectivity index (χ0n) is 21.7. The molecule has 5 unspecified atom stereocenters. The summed E-state index contributed by atoms with van der Waals surface area (Å²) in [5.74, 6) is -1.29. The number of aliphatic hydroxyl groups excluding tert-OH is 6. The minimum atomic E-state index is -1.61. The van der Waals surface area contributed by atoms with Crippen LogP contribution in [0.25, 0.3) is 0 Å². The Balaban J connectivity index is 1.90. The summed E-state index contributed by atoms with van der Waals surface area (Å²) in [5.41, 5.74) is 11.7. The van der Waals surface area contributed by atoms with Gasteiger partial charge in [-0.3, -0.25) is 4.79 Å². The molecule has 3 aliphatic heterocycles. The lowest BCUT2D eigenvalue weighted by Crippen LogP contribution is -2.65. The number of carbonyl (C=O) groups is 1. The largest absolute Gasteiger partial charge is 0.507 e. The molecule has 2 fully saturated rings. The first-order chi connectivity index (χ1) is 18.5. The number of nitrogens with one attached hydrogen (secondary N) is 1. The molecule has 17 nitrogen and oxygen atoms in total. The molecule has 13 atom stereocenters. The van der Waals surface area contributed by atoms with Gasteiger partial charge in [-0.15, -0.1) is 0 Å². The summed E-state index contributed by atoms with van der Waals surface area (Å²) in [6.45, 7) is -0.762. The highest BCUT2D eigenvalue weighted by Crippen LogP contribution is 2.33. The minimum absolute atomic E-state index is 0.345. The van der Waals surface area contributed by atoms with Crippen molar-refractivity contribution in [1.82, 2.24) is 5.32 Å². The number of amides is 1. The molecule has 17 heteroatoms. The van der Waals surface area contributed by atoms with Crippen LogP contribution in [0.5, 0.6) is 0 Å². The number of aliphatic hydroxyl groups is 6. The van der Waals surface area contributed by atoms with Gasteiger partial charge in [0, 0.05) is 21.1 Å². The molecule has 39 heavy (non-hydrogen) atoms. The van der Waals surface area contributed by atoms with Gasteiger partial charge in [0.1, 0.15) is 60.3 Å². The molecule has 3 rings (SSSR count). The van der Waals surface area contributed by atoms with Crippen LogP contribution >= 0.6 is 0 Å². The smallest absolute Gasteiger partial charge is 0.221 e. The Hall–Kier alpha value is -1.55. The van der Waals surface area contributed by atoms with Crippen molar-refractivity contribution >= 4 is 5.91 Å². The molecule has 0 bridgehead atoms. The molecule has 0 aromatic carbocycles. The quantitative estimate of drug-likeness (QED) is 0.119. The number of methoxy groups -OCH3 is 2. The molecule has 0 spiro atoms. The van der Waals surface area contributed by atoms with E-state index in [-0.39, 0.29) is 5.70 Å². The van der Waals surface area contributed by atoms with E-state index in [0.717, 1.165) is 6.92 Å². The molecule has 0 radical (unpaired) electrons. The summed E-state index contributed by atoms with van der Waals surface area (Å²) < 4.78 is 38.8. The molecule has 226 valence electrons. The molecule has 1 amide bonds. The van der Waals surface area contributed by atoms with E-state index in [1.807, 2.05) is 0 Å². The first-order valence-electron chi connectivity index (χ1n) is 12.3. The highest BCUT2D eigenvalue weighted by Gasteiger charge is 2.50.